The zero-order valence-corrected chi connectivity index (χ0v) is 10.0. The molecule has 1 aliphatic rings. The Morgan fingerprint density at radius 3 is 2.94 bits per heavy atom. The van der Waals surface area contributed by atoms with E-state index in [-0.39, 0.29) is 12.3 Å². The number of carboxylic acids is 1. The van der Waals surface area contributed by atoms with E-state index in [1.54, 1.807) is 6.20 Å². The molecular formula is C15H15NO2. The van der Waals surface area contributed by atoms with Crippen LogP contribution in [-0.2, 0) is 4.79 Å². The molecule has 1 heterocycles. The minimum Gasteiger partial charge on any atom is -0.481 e. The van der Waals surface area contributed by atoms with Gasteiger partial charge in [0.15, 0.2) is 0 Å². The van der Waals surface area contributed by atoms with Gasteiger partial charge in [-0.1, -0.05) is 18.2 Å². The minimum absolute atomic E-state index is 0.147. The minimum atomic E-state index is -0.715. The average molecular weight is 241 g/mol. The van der Waals surface area contributed by atoms with Gasteiger partial charge < -0.3 is 5.11 Å². The second-order valence-electron chi connectivity index (χ2n) is 5.00. The van der Waals surface area contributed by atoms with Gasteiger partial charge in [-0.3, -0.25) is 9.78 Å². The third-order valence-electron chi connectivity index (χ3n) is 3.64. The molecule has 92 valence electrons. The number of fused-ring (bicyclic) bond motifs is 1. The van der Waals surface area contributed by atoms with E-state index in [4.69, 9.17) is 5.11 Å². The number of carbonyl (C=O) groups is 1. The molecule has 0 saturated heterocycles. The third kappa shape index (κ3) is 2.21. The van der Waals surface area contributed by atoms with E-state index >= 15 is 0 Å². The maximum atomic E-state index is 11.0. The van der Waals surface area contributed by atoms with E-state index in [2.05, 4.69) is 11.1 Å². The summed E-state index contributed by atoms with van der Waals surface area (Å²) in [6, 6.07) is 10.1. The number of aliphatic carboxylic acids is 1. The summed E-state index contributed by atoms with van der Waals surface area (Å²) in [5.74, 6) is -0.0239. The zero-order valence-electron chi connectivity index (χ0n) is 10.0. The van der Waals surface area contributed by atoms with Crippen LogP contribution in [0.4, 0.5) is 0 Å². The summed E-state index contributed by atoms with van der Waals surface area (Å²) in [5.41, 5.74) is 2.07. The summed E-state index contributed by atoms with van der Waals surface area (Å²) in [6.45, 7) is 0. The molecule has 2 aromatic rings. The lowest BCUT2D eigenvalue weighted by molar-refractivity contribution is -0.137. The molecule has 0 bridgehead atoms. The Morgan fingerprint density at radius 1 is 1.39 bits per heavy atom. The number of benzene rings is 1. The van der Waals surface area contributed by atoms with Crippen molar-refractivity contribution in [3.05, 3.63) is 42.1 Å². The molecular weight excluding hydrogens is 226 g/mol. The van der Waals surface area contributed by atoms with Gasteiger partial charge in [0.05, 0.1) is 11.9 Å². The van der Waals surface area contributed by atoms with E-state index in [1.165, 1.54) is 0 Å². The predicted octanol–water partition coefficient (Wildman–Crippen LogP) is 3.20. The zero-order chi connectivity index (χ0) is 12.5. The van der Waals surface area contributed by atoms with Gasteiger partial charge in [-0.25, -0.2) is 0 Å². The van der Waals surface area contributed by atoms with Crippen LogP contribution in [0.15, 0.2) is 36.5 Å². The summed E-state index contributed by atoms with van der Waals surface area (Å²) >= 11 is 0. The van der Waals surface area contributed by atoms with Crippen molar-refractivity contribution in [3.8, 4) is 0 Å². The van der Waals surface area contributed by atoms with Crippen molar-refractivity contribution in [2.75, 3.05) is 0 Å². The highest BCUT2D eigenvalue weighted by molar-refractivity contribution is 5.79. The number of hydrogen-bond donors (Lipinski definition) is 1. The molecule has 1 atom stereocenters. The molecule has 1 aromatic carbocycles. The van der Waals surface area contributed by atoms with Gasteiger partial charge in [-0.2, -0.15) is 0 Å². The monoisotopic (exact) mass is 241 g/mol. The molecule has 1 fully saturated rings. The van der Waals surface area contributed by atoms with Gasteiger partial charge in [-0.15, -0.1) is 0 Å². The number of carboxylic acid groups (broad SMARTS) is 1. The molecule has 1 unspecified atom stereocenters. The highest BCUT2D eigenvalue weighted by Crippen LogP contribution is 2.44. The van der Waals surface area contributed by atoms with E-state index in [0.29, 0.717) is 5.92 Å². The molecule has 3 heteroatoms. The summed E-state index contributed by atoms with van der Waals surface area (Å²) < 4.78 is 0. The van der Waals surface area contributed by atoms with Crippen molar-refractivity contribution in [2.24, 2.45) is 5.92 Å². The first kappa shape index (κ1) is 11.2. The fourth-order valence-electron chi connectivity index (χ4n) is 2.56. The fourth-order valence-corrected chi connectivity index (χ4v) is 2.56. The molecule has 1 aromatic heterocycles. The van der Waals surface area contributed by atoms with Gasteiger partial charge in [0.2, 0.25) is 0 Å². The second-order valence-corrected chi connectivity index (χ2v) is 5.00. The smallest absolute Gasteiger partial charge is 0.303 e. The van der Waals surface area contributed by atoms with Crippen LogP contribution in [0.5, 0.6) is 0 Å². The van der Waals surface area contributed by atoms with Crippen LogP contribution in [0.25, 0.3) is 10.9 Å². The molecule has 0 aliphatic heterocycles. The van der Waals surface area contributed by atoms with E-state index in [1.807, 2.05) is 24.3 Å². The number of pyridine rings is 1. The second kappa shape index (κ2) is 4.41. The first-order chi connectivity index (χ1) is 8.74. The third-order valence-corrected chi connectivity index (χ3v) is 3.64. The Labute approximate surface area is 105 Å². The van der Waals surface area contributed by atoms with E-state index in [0.717, 1.165) is 29.3 Å². The van der Waals surface area contributed by atoms with E-state index < -0.39 is 5.97 Å². The normalized spacial score (nSPS) is 16.7. The average Bonchev–Trinajstić information content (AvgIpc) is 3.19. The van der Waals surface area contributed by atoms with E-state index in [9.17, 15) is 4.79 Å². The Morgan fingerprint density at radius 2 is 2.22 bits per heavy atom. The highest BCUT2D eigenvalue weighted by Gasteiger charge is 2.33. The Kier molecular flexibility index (Phi) is 2.74. The molecule has 18 heavy (non-hydrogen) atoms. The van der Waals surface area contributed by atoms with Gasteiger partial charge in [0.25, 0.3) is 0 Å². The van der Waals surface area contributed by atoms with Gasteiger partial charge in [-0.05, 0) is 42.4 Å². The maximum Gasteiger partial charge on any atom is 0.303 e. The number of aromatic nitrogens is 1. The van der Waals surface area contributed by atoms with Crippen LogP contribution < -0.4 is 0 Å². The molecule has 1 saturated carbocycles. The first-order valence-electron chi connectivity index (χ1n) is 6.30. The molecule has 0 spiro atoms. The summed E-state index contributed by atoms with van der Waals surface area (Å²) in [5, 5.41) is 10.1. The van der Waals surface area contributed by atoms with Crippen LogP contribution in [-0.4, -0.2) is 16.1 Å². The summed E-state index contributed by atoms with van der Waals surface area (Å²) in [4.78, 5) is 15.3. The van der Waals surface area contributed by atoms with Crippen molar-refractivity contribution in [2.45, 2.75) is 25.2 Å². The van der Waals surface area contributed by atoms with Crippen molar-refractivity contribution in [1.82, 2.24) is 4.98 Å². The van der Waals surface area contributed by atoms with Crippen molar-refractivity contribution in [1.29, 1.82) is 0 Å². The lowest BCUT2D eigenvalue weighted by Crippen LogP contribution is -2.08. The molecule has 1 aliphatic carbocycles. The Hall–Kier alpha value is -1.90. The predicted molar refractivity (Wildman–Crippen MR) is 69.5 cm³/mol. The molecule has 3 rings (SSSR count). The summed E-state index contributed by atoms with van der Waals surface area (Å²) in [6.07, 6.45) is 4.30. The van der Waals surface area contributed by atoms with Crippen molar-refractivity contribution < 1.29 is 9.90 Å². The van der Waals surface area contributed by atoms with Gasteiger partial charge in [0.1, 0.15) is 0 Å². The van der Waals surface area contributed by atoms with Crippen LogP contribution in [0.3, 0.4) is 0 Å². The van der Waals surface area contributed by atoms with Gasteiger partial charge >= 0.3 is 5.97 Å². The van der Waals surface area contributed by atoms with Gasteiger partial charge in [0, 0.05) is 11.6 Å². The largest absolute Gasteiger partial charge is 0.481 e. The fraction of sp³-hybridized carbons (Fsp3) is 0.333. The molecule has 3 nitrogen and oxygen atoms in total. The van der Waals surface area contributed by atoms with Crippen LogP contribution in [0, 0.1) is 5.92 Å². The molecule has 0 radical (unpaired) electrons. The van der Waals surface area contributed by atoms with Crippen molar-refractivity contribution in [3.63, 3.8) is 0 Å². The molecule has 0 amide bonds. The quantitative estimate of drug-likeness (QED) is 0.894. The Balaban J connectivity index is 1.98. The number of hydrogen-bond acceptors (Lipinski definition) is 2. The Bertz CT molecular complexity index is 590. The lowest BCUT2D eigenvalue weighted by atomic mass is 9.90. The number of rotatable bonds is 4. The lowest BCUT2D eigenvalue weighted by Gasteiger charge is -2.14. The highest BCUT2D eigenvalue weighted by atomic mass is 16.4. The SMILES string of the molecule is O=C(O)CC(c1ccc2cccnc2c1)C1CC1. The van der Waals surface area contributed by atoms with Crippen LogP contribution in [0.2, 0.25) is 0 Å². The topological polar surface area (TPSA) is 50.2 Å². The van der Waals surface area contributed by atoms with Crippen LogP contribution >= 0.6 is 0 Å². The van der Waals surface area contributed by atoms with Crippen molar-refractivity contribution >= 4 is 16.9 Å². The molecule has 1 N–H and O–H groups in total. The standard InChI is InChI=1S/C15H15NO2/c17-15(18)9-13(10-3-4-10)12-6-5-11-2-1-7-16-14(11)8-12/h1-2,5-8,10,13H,3-4,9H2,(H,17,18). The summed E-state index contributed by atoms with van der Waals surface area (Å²) in [7, 11) is 0. The van der Waals surface area contributed by atoms with Crippen LogP contribution in [0.1, 0.15) is 30.7 Å². The maximum absolute atomic E-state index is 11.0. The first-order valence-corrected chi connectivity index (χ1v) is 6.30. The number of nitrogens with zero attached hydrogens (tertiary/aromatic N) is 1.